The van der Waals surface area contributed by atoms with Crippen molar-refractivity contribution in [2.75, 3.05) is 0 Å². The van der Waals surface area contributed by atoms with Gasteiger partial charge in [0.15, 0.2) is 11.6 Å². The molecule has 0 spiro atoms. The molecule has 0 saturated carbocycles. The molecular weight excluding hydrogens is 236 g/mol. The summed E-state index contributed by atoms with van der Waals surface area (Å²) >= 11 is 0. The fourth-order valence-corrected chi connectivity index (χ4v) is 1.50. The summed E-state index contributed by atoms with van der Waals surface area (Å²) in [4.78, 5) is 8.30. The molecule has 1 aromatic heterocycles. The Balaban J connectivity index is 1.88. The maximum Gasteiger partial charge on any atom is 0.159 e. The van der Waals surface area contributed by atoms with Crippen molar-refractivity contribution in [1.82, 2.24) is 15.3 Å². The number of hydrogen-bond donors (Lipinski definition) is 1. The Bertz CT molecular complexity index is 526. The van der Waals surface area contributed by atoms with Gasteiger partial charge in [-0.15, -0.1) is 0 Å². The number of halogens is 2. The van der Waals surface area contributed by atoms with E-state index in [2.05, 4.69) is 15.3 Å². The largest absolute Gasteiger partial charge is 0.307 e. The van der Waals surface area contributed by atoms with E-state index in [0.29, 0.717) is 18.7 Å². The highest BCUT2D eigenvalue weighted by molar-refractivity contribution is 5.17. The van der Waals surface area contributed by atoms with Crippen LogP contribution in [0.25, 0.3) is 0 Å². The fraction of sp³-hybridized carbons (Fsp3) is 0.231. The van der Waals surface area contributed by atoms with Gasteiger partial charge in [-0.1, -0.05) is 6.07 Å². The number of benzene rings is 1. The summed E-state index contributed by atoms with van der Waals surface area (Å²) in [5, 5.41) is 3.09. The predicted octanol–water partition coefficient (Wildman–Crippen LogP) is 2.35. The molecule has 0 bridgehead atoms. The average Bonchev–Trinajstić information content (AvgIpc) is 2.36. The molecule has 0 aliphatic carbocycles. The summed E-state index contributed by atoms with van der Waals surface area (Å²) in [5.74, 6) is -1.66. The summed E-state index contributed by atoms with van der Waals surface area (Å²) in [6, 6.07) is 3.85. The Morgan fingerprint density at radius 3 is 2.56 bits per heavy atom. The Kier molecular flexibility index (Phi) is 3.94. The molecule has 0 aliphatic heterocycles. The first-order chi connectivity index (χ1) is 8.65. The molecule has 1 N–H and O–H groups in total. The van der Waals surface area contributed by atoms with Gasteiger partial charge in [-0.2, -0.15) is 0 Å². The van der Waals surface area contributed by atoms with Gasteiger partial charge in [0.25, 0.3) is 0 Å². The lowest BCUT2D eigenvalue weighted by Crippen LogP contribution is -2.14. The quantitative estimate of drug-likeness (QED) is 0.903. The van der Waals surface area contributed by atoms with Crippen molar-refractivity contribution in [2.24, 2.45) is 0 Å². The molecule has 0 aliphatic rings. The van der Waals surface area contributed by atoms with Crippen molar-refractivity contribution in [3.63, 3.8) is 0 Å². The molecule has 2 rings (SSSR count). The first-order valence-corrected chi connectivity index (χ1v) is 5.57. The molecule has 3 nitrogen and oxygen atoms in total. The van der Waals surface area contributed by atoms with Crippen molar-refractivity contribution >= 4 is 0 Å². The molecule has 0 atom stereocenters. The zero-order chi connectivity index (χ0) is 13.0. The van der Waals surface area contributed by atoms with Crippen molar-refractivity contribution in [3.8, 4) is 0 Å². The minimum absolute atomic E-state index is 0.451. The summed E-state index contributed by atoms with van der Waals surface area (Å²) < 4.78 is 25.7. The van der Waals surface area contributed by atoms with Gasteiger partial charge in [-0.3, -0.25) is 9.97 Å². The fourth-order valence-electron chi connectivity index (χ4n) is 1.50. The van der Waals surface area contributed by atoms with Gasteiger partial charge in [0.05, 0.1) is 11.4 Å². The van der Waals surface area contributed by atoms with E-state index < -0.39 is 11.6 Å². The van der Waals surface area contributed by atoms with Crippen LogP contribution in [0.2, 0.25) is 0 Å². The third-order valence-electron chi connectivity index (χ3n) is 2.45. The van der Waals surface area contributed by atoms with Crippen LogP contribution in [0.1, 0.15) is 17.0 Å². The zero-order valence-corrected chi connectivity index (χ0v) is 9.95. The van der Waals surface area contributed by atoms with E-state index >= 15 is 0 Å². The smallest absolute Gasteiger partial charge is 0.159 e. The van der Waals surface area contributed by atoms with Crippen LogP contribution >= 0.6 is 0 Å². The number of rotatable bonds is 4. The SMILES string of the molecule is Cc1cnc(CNCc2ccc(F)c(F)c2)cn1. The molecule has 2 aromatic rings. The molecule has 94 valence electrons. The van der Waals surface area contributed by atoms with Gasteiger partial charge < -0.3 is 5.32 Å². The molecule has 18 heavy (non-hydrogen) atoms. The van der Waals surface area contributed by atoms with E-state index in [9.17, 15) is 8.78 Å². The highest BCUT2D eigenvalue weighted by atomic mass is 19.2. The van der Waals surface area contributed by atoms with Gasteiger partial charge in [0, 0.05) is 25.5 Å². The topological polar surface area (TPSA) is 37.8 Å². The van der Waals surface area contributed by atoms with Crippen molar-refractivity contribution in [2.45, 2.75) is 20.0 Å². The maximum absolute atomic E-state index is 12.9. The maximum atomic E-state index is 12.9. The Labute approximate surface area is 104 Å². The molecule has 0 radical (unpaired) electrons. The van der Waals surface area contributed by atoms with Crippen LogP contribution < -0.4 is 5.32 Å². The van der Waals surface area contributed by atoms with Gasteiger partial charge >= 0.3 is 0 Å². The number of nitrogens with zero attached hydrogens (tertiary/aromatic N) is 2. The summed E-state index contributed by atoms with van der Waals surface area (Å²) in [6.45, 7) is 2.85. The molecule has 5 heteroatoms. The first kappa shape index (κ1) is 12.6. The second-order valence-electron chi connectivity index (χ2n) is 4.00. The lowest BCUT2D eigenvalue weighted by molar-refractivity contribution is 0.506. The Hall–Kier alpha value is -1.88. The average molecular weight is 249 g/mol. The van der Waals surface area contributed by atoms with Crippen LogP contribution in [-0.4, -0.2) is 9.97 Å². The van der Waals surface area contributed by atoms with Crippen LogP contribution in [-0.2, 0) is 13.1 Å². The standard InChI is InChI=1S/C13H13F2N3/c1-9-5-18-11(8-17-9)7-16-6-10-2-3-12(14)13(15)4-10/h2-5,8,16H,6-7H2,1H3. The van der Waals surface area contributed by atoms with E-state index in [4.69, 9.17) is 0 Å². The molecule has 0 fully saturated rings. The normalized spacial score (nSPS) is 10.6. The molecule has 0 unspecified atom stereocenters. The summed E-state index contributed by atoms with van der Waals surface area (Å²) in [7, 11) is 0. The van der Waals surface area contributed by atoms with E-state index in [0.717, 1.165) is 17.5 Å². The van der Waals surface area contributed by atoms with Crippen LogP contribution in [0, 0.1) is 18.6 Å². The van der Waals surface area contributed by atoms with Gasteiger partial charge in [-0.25, -0.2) is 8.78 Å². The minimum Gasteiger partial charge on any atom is -0.307 e. The number of aryl methyl sites for hydroxylation is 1. The number of hydrogen-bond acceptors (Lipinski definition) is 3. The summed E-state index contributed by atoms with van der Waals surface area (Å²) in [6.07, 6.45) is 3.38. The van der Waals surface area contributed by atoms with E-state index in [1.165, 1.54) is 6.07 Å². The molecule has 0 saturated heterocycles. The van der Waals surface area contributed by atoms with Crippen molar-refractivity contribution in [3.05, 3.63) is 59.2 Å². The lowest BCUT2D eigenvalue weighted by atomic mass is 10.2. The Morgan fingerprint density at radius 1 is 1.06 bits per heavy atom. The molecular formula is C13H13F2N3. The highest BCUT2D eigenvalue weighted by Gasteiger charge is 2.02. The zero-order valence-electron chi connectivity index (χ0n) is 9.95. The van der Waals surface area contributed by atoms with E-state index in [1.807, 2.05) is 6.92 Å². The third kappa shape index (κ3) is 3.30. The van der Waals surface area contributed by atoms with Gasteiger partial charge in [-0.05, 0) is 24.6 Å². The van der Waals surface area contributed by atoms with Crippen LogP contribution in [0.3, 0.4) is 0 Å². The molecule has 1 heterocycles. The number of nitrogens with one attached hydrogen (secondary N) is 1. The highest BCUT2D eigenvalue weighted by Crippen LogP contribution is 2.08. The lowest BCUT2D eigenvalue weighted by Gasteiger charge is -2.05. The molecule has 1 aromatic carbocycles. The second-order valence-corrected chi connectivity index (χ2v) is 4.00. The monoisotopic (exact) mass is 249 g/mol. The number of aromatic nitrogens is 2. The van der Waals surface area contributed by atoms with Crippen molar-refractivity contribution < 1.29 is 8.78 Å². The first-order valence-electron chi connectivity index (χ1n) is 5.57. The van der Waals surface area contributed by atoms with Crippen LogP contribution in [0.4, 0.5) is 8.78 Å². The summed E-state index contributed by atoms with van der Waals surface area (Å²) in [5.41, 5.74) is 2.36. The minimum atomic E-state index is -0.830. The van der Waals surface area contributed by atoms with Crippen LogP contribution in [0.5, 0.6) is 0 Å². The second kappa shape index (κ2) is 5.64. The van der Waals surface area contributed by atoms with Crippen molar-refractivity contribution in [1.29, 1.82) is 0 Å². The predicted molar refractivity (Wildman–Crippen MR) is 63.7 cm³/mol. The van der Waals surface area contributed by atoms with Crippen LogP contribution in [0.15, 0.2) is 30.6 Å². The molecule has 0 amide bonds. The third-order valence-corrected chi connectivity index (χ3v) is 2.45. The Morgan fingerprint density at radius 2 is 1.89 bits per heavy atom. The van der Waals surface area contributed by atoms with Gasteiger partial charge in [0.2, 0.25) is 0 Å². The van der Waals surface area contributed by atoms with E-state index in [1.54, 1.807) is 18.5 Å². The van der Waals surface area contributed by atoms with E-state index in [-0.39, 0.29) is 0 Å². The van der Waals surface area contributed by atoms with Gasteiger partial charge in [0.1, 0.15) is 0 Å².